The van der Waals surface area contributed by atoms with Crippen LogP contribution in [-0.2, 0) is 9.53 Å². The molecule has 1 saturated carbocycles. The highest BCUT2D eigenvalue weighted by atomic mass is 19.1. The first kappa shape index (κ1) is 14.9. The molecule has 1 aliphatic rings. The van der Waals surface area contributed by atoms with Crippen molar-refractivity contribution in [3.63, 3.8) is 0 Å². The maximum absolute atomic E-state index is 13.6. The minimum atomic E-state index is -0.695. The number of ether oxygens (including phenoxy) is 1. The molecule has 5 heteroatoms. The zero-order chi connectivity index (χ0) is 14.7. The van der Waals surface area contributed by atoms with Crippen LogP contribution in [0.15, 0.2) is 24.3 Å². The number of hydrogen-bond donors (Lipinski definition) is 1. The highest BCUT2D eigenvalue weighted by Gasteiger charge is 2.46. The van der Waals surface area contributed by atoms with Crippen molar-refractivity contribution in [1.29, 1.82) is 0 Å². The molecule has 3 atom stereocenters. The number of likely N-dealkylation sites (N-methyl/N-ethyl adjacent to an activating group) is 1. The molecule has 3 unspecified atom stereocenters. The average molecular weight is 281 g/mol. The molecule has 0 saturated heterocycles. The van der Waals surface area contributed by atoms with Crippen LogP contribution in [0.2, 0.25) is 0 Å². The van der Waals surface area contributed by atoms with Crippen molar-refractivity contribution in [2.75, 3.05) is 27.3 Å². The predicted octanol–water partition coefficient (Wildman–Crippen LogP) is 1.39. The number of carbonyl (C=O) groups is 1. The third kappa shape index (κ3) is 3.35. The summed E-state index contributed by atoms with van der Waals surface area (Å²) in [5, 5.41) is 9.62. The number of rotatable bonds is 6. The summed E-state index contributed by atoms with van der Waals surface area (Å²) in [7, 11) is 3.15. The Morgan fingerprint density at radius 2 is 2.25 bits per heavy atom. The molecule has 0 bridgehead atoms. The molecule has 1 aromatic carbocycles. The summed E-state index contributed by atoms with van der Waals surface area (Å²) in [5.41, 5.74) is 0.608. The summed E-state index contributed by atoms with van der Waals surface area (Å²) < 4.78 is 18.5. The standard InChI is InChI=1S/C15H20FNO3/c1-17(8-10(18)9-20-2)15(19)13-7-12(13)11-5-3-4-6-14(11)16/h3-6,10,12-13,18H,7-9H2,1-2H3. The lowest BCUT2D eigenvalue weighted by atomic mass is 10.1. The molecular weight excluding hydrogens is 261 g/mol. The predicted molar refractivity (Wildman–Crippen MR) is 72.8 cm³/mol. The summed E-state index contributed by atoms with van der Waals surface area (Å²) >= 11 is 0. The molecule has 1 N–H and O–H groups in total. The van der Waals surface area contributed by atoms with E-state index in [0.717, 1.165) is 0 Å². The van der Waals surface area contributed by atoms with Crippen molar-refractivity contribution in [2.45, 2.75) is 18.4 Å². The van der Waals surface area contributed by atoms with Crippen molar-refractivity contribution >= 4 is 5.91 Å². The van der Waals surface area contributed by atoms with E-state index in [1.165, 1.54) is 18.1 Å². The first-order valence-corrected chi connectivity index (χ1v) is 6.71. The summed E-state index contributed by atoms with van der Waals surface area (Å²) in [6.45, 7) is 0.423. The zero-order valence-corrected chi connectivity index (χ0v) is 11.8. The van der Waals surface area contributed by atoms with E-state index < -0.39 is 6.10 Å². The second-order valence-electron chi connectivity index (χ2n) is 5.30. The Labute approximate surface area is 118 Å². The van der Waals surface area contributed by atoms with Gasteiger partial charge in [-0.2, -0.15) is 0 Å². The third-order valence-electron chi connectivity index (χ3n) is 3.63. The Morgan fingerprint density at radius 3 is 2.90 bits per heavy atom. The van der Waals surface area contributed by atoms with E-state index in [2.05, 4.69) is 0 Å². The monoisotopic (exact) mass is 281 g/mol. The molecule has 20 heavy (non-hydrogen) atoms. The second-order valence-corrected chi connectivity index (χ2v) is 5.30. The minimum absolute atomic E-state index is 0.0364. The number of amides is 1. The molecule has 0 aromatic heterocycles. The number of nitrogens with zero attached hydrogens (tertiary/aromatic N) is 1. The van der Waals surface area contributed by atoms with Gasteiger partial charge in [0.05, 0.1) is 12.7 Å². The minimum Gasteiger partial charge on any atom is -0.389 e. The van der Waals surface area contributed by atoms with Gasteiger partial charge in [0.2, 0.25) is 5.91 Å². The largest absolute Gasteiger partial charge is 0.389 e. The van der Waals surface area contributed by atoms with Crippen molar-refractivity contribution in [3.05, 3.63) is 35.6 Å². The van der Waals surface area contributed by atoms with Gasteiger partial charge in [0.25, 0.3) is 0 Å². The molecule has 1 amide bonds. The van der Waals surface area contributed by atoms with Crippen LogP contribution >= 0.6 is 0 Å². The van der Waals surface area contributed by atoms with E-state index in [9.17, 15) is 14.3 Å². The Kier molecular flexibility index (Phi) is 4.73. The number of carbonyl (C=O) groups excluding carboxylic acids is 1. The smallest absolute Gasteiger partial charge is 0.226 e. The Morgan fingerprint density at radius 1 is 1.55 bits per heavy atom. The lowest BCUT2D eigenvalue weighted by Crippen LogP contribution is -2.37. The van der Waals surface area contributed by atoms with Crippen LogP contribution in [0.5, 0.6) is 0 Å². The number of aliphatic hydroxyl groups is 1. The summed E-state index contributed by atoms with van der Waals surface area (Å²) in [6.07, 6.45) is -0.0237. The van der Waals surface area contributed by atoms with Gasteiger partial charge in [-0.15, -0.1) is 0 Å². The molecule has 0 aliphatic heterocycles. The normalized spacial score (nSPS) is 22.4. The molecular formula is C15H20FNO3. The molecule has 0 radical (unpaired) electrons. The fourth-order valence-corrected chi connectivity index (χ4v) is 2.52. The van der Waals surface area contributed by atoms with Gasteiger partial charge in [-0.25, -0.2) is 4.39 Å². The van der Waals surface area contributed by atoms with Crippen LogP contribution in [0.4, 0.5) is 4.39 Å². The van der Waals surface area contributed by atoms with Crippen LogP contribution in [0.25, 0.3) is 0 Å². The Balaban J connectivity index is 1.91. The lowest BCUT2D eigenvalue weighted by Gasteiger charge is -2.20. The summed E-state index contributed by atoms with van der Waals surface area (Å²) in [4.78, 5) is 13.7. The fourth-order valence-electron chi connectivity index (χ4n) is 2.52. The van der Waals surface area contributed by atoms with Gasteiger partial charge >= 0.3 is 0 Å². The molecule has 110 valence electrons. The van der Waals surface area contributed by atoms with Crippen LogP contribution in [0, 0.1) is 11.7 Å². The highest BCUT2D eigenvalue weighted by Crippen LogP contribution is 2.49. The van der Waals surface area contributed by atoms with Gasteiger partial charge in [-0.1, -0.05) is 18.2 Å². The topological polar surface area (TPSA) is 49.8 Å². The van der Waals surface area contributed by atoms with Crippen molar-refractivity contribution < 1.29 is 19.0 Å². The molecule has 1 aromatic rings. The zero-order valence-electron chi connectivity index (χ0n) is 11.8. The summed E-state index contributed by atoms with van der Waals surface area (Å²) in [6, 6.07) is 6.57. The van der Waals surface area contributed by atoms with Crippen LogP contribution in [0.3, 0.4) is 0 Å². The van der Waals surface area contributed by atoms with E-state index in [1.54, 1.807) is 25.2 Å². The molecule has 2 rings (SSSR count). The van der Waals surface area contributed by atoms with E-state index in [1.807, 2.05) is 0 Å². The molecule has 1 aliphatic carbocycles. The highest BCUT2D eigenvalue weighted by molar-refractivity contribution is 5.82. The molecule has 0 heterocycles. The van der Waals surface area contributed by atoms with Crippen molar-refractivity contribution in [3.8, 4) is 0 Å². The van der Waals surface area contributed by atoms with Gasteiger partial charge < -0.3 is 14.7 Å². The number of halogens is 1. The van der Waals surface area contributed by atoms with E-state index >= 15 is 0 Å². The van der Waals surface area contributed by atoms with Crippen molar-refractivity contribution in [1.82, 2.24) is 4.90 Å². The number of hydrogen-bond acceptors (Lipinski definition) is 3. The Bertz CT molecular complexity index is 480. The van der Waals surface area contributed by atoms with Gasteiger partial charge in [-0.05, 0) is 24.0 Å². The van der Waals surface area contributed by atoms with E-state index in [-0.39, 0.29) is 36.7 Å². The average Bonchev–Trinajstić information content (AvgIpc) is 3.18. The molecule has 1 fully saturated rings. The van der Waals surface area contributed by atoms with Gasteiger partial charge in [0, 0.05) is 26.6 Å². The fraction of sp³-hybridized carbons (Fsp3) is 0.533. The van der Waals surface area contributed by atoms with Gasteiger partial charge in [0.1, 0.15) is 5.82 Å². The van der Waals surface area contributed by atoms with E-state index in [4.69, 9.17) is 4.74 Å². The number of aliphatic hydroxyl groups excluding tert-OH is 1. The SMILES string of the molecule is COCC(O)CN(C)C(=O)C1CC1c1ccccc1F. The number of benzene rings is 1. The second kappa shape index (κ2) is 6.33. The van der Waals surface area contributed by atoms with Crippen LogP contribution < -0.4 is 0 Å². The number of methoxy groups -OCH3 is 1. The van der Waals surface area contributed by atoms with E-state index in [0.29, 0.717) is 12.0 Å². The Hall–Kier alpha value is -1.46. The third-order valence-corrected chi connectivity index (χ3v) is 3.63. The lowest BCUT2D eigenvalue weighted by molar-refractivity contribution is -0.133. The molecule has 4 nitrogen and oxygen atoms in total. The molecule has 0 spiro atoms. The quantitative estimate of drug-likeness (QED) is 0.857. The van der Waals surface area contributed by atoms with Gasteiger partial charge in [-0.3, -0.25) is 4.79 Å². The van der Waals surface area contributed by atoms with Gasteiger partial charge in [0.15, 0.2) is 0 Å². The maximum Gasteiger partial charge on any atom is 0.226 e. The first-order valence-electron chi connectivity index (χ1n) is 6.71. The maximum atomic E-state index is 13.6. The first-order chi connectivity index (χ1) is 9.54. The van der Waals surface area contributed by atoms with Crippen LogP contribution in [0.1, 0.15) is 17.9 Å². The van der Waals surface area contributed by atoms with Crippen LogP contribution in [-0.4, -0.2) is 49.3 Å². The van der Waals surface area contributed by atoms with Crippen molar-refractivity contribution in [2.24, 2.45) is 5.92 Å². The summed E-state index contributed by atoms with van der Waals surface area (Å²) in [5.74, 6) is -0.513.